The van der Waals surface area contributed by atoms with Gasteiger partial charge in [0.25, 0.3) is 0 Å². The molecular weight excluding hydrogens is 292 g/mol. The lowest BCUT2D eigenvalue weighted by atomic mass is 9.99. The maximum absolute atomic E-state index is 11.8. The smallest absolute Gasteiger partial charge is 0.250 e. The Balaban J connectivity index is 1.67. The molecule has 0 unspecified atom stereocenters. The van der Waals surface area contributed by atoms with E-state index in [0.29, 0.717) is 5.75 Å². The molecule has 1 aromatic rings. The number of nitrogens with one attached hydrogen (secondary N) is 1. The van der Waals surface area contributed by atoms with Gasteiger partial charge in [0.1, 0.15) is 0 Å². The molecule has 0 saturated heterocycles. The fourth-order valence-electron chi connectivity index (χ4n) is 2.54. The van der Waals surface area contributed by atoms with E-state index in [1.165, 1.54) is 43.2 Å². The zero-order chi connectivity index (χ0) is 15.6. The number of benzene rings is 1. The zero-order valence-corrected chi connectivity index (χ0v) is 14.3. The Kier molecular flexibility index (Phi) is 7.50. The lowest BCUT2D eigenvalue weighted by Crippen LogP contribution is -2.22. The van der Waals surface area contributed by atoms with E-state index in [1.807, 2.05) is 0 Å². The van der Waals surface area contributed by atoms with Crippen LogP contribution in [0.4, 0.5) is 0 Å². The SMILES string of the molecule is Cc1ccc(CSCC(=O)NN=C2CCCCCCC2)cc1. The van der Waals surface area contributed by atoms with Crippen LogP contribution in [-0.2, 0) is 10.5 Å². The summed E-state index contributed by atoms with van der Waals surface area (Å²) in [6, 6.07) is 8.46. The quantitative estimate of drug-likeness (QED) is 0.815. The van der Waals surface area contributed by atoms with Gasteiger partial charge in [-0.3, -0.25) is 4.79 Å². The van der Waals surface area contributed by atoms with Gasteiger partial charge in [0.05, 0.1) is 5.75 Å². The number of hydrazone groups is 1. The molecule has 2 rings (SSSR count). The van der Waals surface area contributed by atoms with Gasteiger partial charge in [0.15, 0.2) is 0 Å². The van der Waals surface area contributed by atoms with Gasteiger partial charge in [-0.25, -0.2) is 5.43 Å². The summed E-state index contributed by atoms with van der Waals surface area (Å²) in [4.78, 5) is 11.8. The Morgan fingerprint density at radius 1 is 1.09 bits per heavy atom. The van der Waals surface area contributed by atoms with E-state index in [1.54, 1.807) is 11.8 Å². The Morgan fingerprint density at radius 2 is 1.73 bits per heavy atom. The Morgan fingerprint density at radius 3 is 2.41 bits per heavy atom. The summed E-state index contributed by atoms with van der Waals surface area (Å²) < 4.78 is 0. The van der Waals surface area contributed by atoms with Gasteiger partial charge in [-0.05, 0) is 38.2 Å². The average Bonchev–Trinajstić information content (AvgIpc) is 2.48. The second kappa shape index (κ2) is 9.67. The topological polar surface area (TPSA) is 41.5 Å². The lowest BCUT2D eigenvalue weighted by Gasteiger charge is -2.10. The van der Waals surface area contributed by atoms with Crippen molar-refractivity contribution in [3.05, 3.63) is 35.4 Å². The van der Waals surface area contributed by atoms with Gasteiger partial charge in [-0.2, -0.15) is 5.10 Å². The highest BCUT2D eigenvalue weighted by molar-refractivity contribution is 7.99. The normalized spacial score (nSPS) is 15.8. The molecule has 0 atom stereocenters. The van der Waals surface area contributed by atoms with Crippen molar-refractivity contribution >= 4 is 23.4 Å². The minimum Gasteiger partial charge on any atom is -0.272 e. The minimum atomic E-state index is 0.00618. The van der Waals surface area contributed by atoms with Crippen LogP contribution in [0.25, 0.3) is 0 Å². The molecule has 0 bridgehead atoms. The molecule has 120 valence electrons. The molecule has 0 aromatic heterocycles. The van der Waals surface area contributed by atoms with E-state index in [9.17, 15) is 4.79 Å². The minimum absolute atomic E-state index is 0.00618. The molecule has 3 nitrogen and oxygen atoms in total. The van der Waals surface area contributed by atoms with Crippen molar-refractivity contribution in [3.8, 4) is 0 Å². The van der Waals surface area contributed by atoms with Gasteiger partial charge >= 0.3 is 0 Å². The third-order valence-corrected chi connectivity index (χ3v) is 4.90. The molecule has 0 aliphatic heterocycles. The lowest BCUT2D eigenvalue weighted by molar-refractivity contribution is -0.118. The van der Waals surface area contributed by atoms with Crippen LogP contribution < -0.4 is 5.43 Å². The van der Waals surface area contributed by atoms with Crippen LogP contribution in [0.2, 0.25) is 0 Å². The third kappa shape index (κ3) is 6.65. The summed E-state index contributed by atoms with van der Waals surface area (Å²) in [5.74, 6) is 1.33. The number of amides is 1. The molecular formula is C18H26N2OS. The third-order valence-electron chi connectivity index (χ3n) is 3.89. The van der Waals surface area contributed by atoms with Gasteiger partial charge in [0.2, 0.25) is 5.91 Å². The fraction of sp³-hybridized carbons (Fsp3) is 0.556. The first-order valence-electron chi connectivity index (χ1n) is 8.21. The Labute approximate surface area is 138 Å². The van der Waals surface area contributed by atoms with Gasteiger partial charge in [-0.1, -0.05) is 49.1 Å². The maximum Gasteiger partial charge on any atom is 0.250 e. The van der Waals surface area contributed by atoms with Crippen LogP contribution in [0.1, 0.15) is 56.1 Å². The molecule has 0 radical (unpaired) electrons. The first-order chi connectivity index (χ1) is 10.7. The van der Waals surface area contributed by atoms with Crippen molar-refractivity contribution in [2.45, 2.75) is 57.6 Å². The molecule has 0 spiro atoms. The largest absolute Gasteiger partial charge is 0.272 e. The number of thioether (sulfide) groups is 1. The molecule has 1 amide bonds. The van der Waals surface area contributed by atoms with Crippen LogP contribution >= 0.6 is 11.8 Å². The van der Waals surface area contributed by atoms with Crippen molar-refractivity contribution in [1.29, 1.82) is 0 Å². The fourth-order valence-corrected chi connectivity index (χ4v) is 3.32. The molecule has 22 heavy (non-hydrogen) atoms. The van der Waals surface area contributed by atoms with E-state index >= 15 is 0 Å². The standard InChI is InChI=1S/C18H26N2OS/c1-15-9-11-16(12-10-15)13-22-14-18(21)20-19-17-7-5-3-2-4-6-8-17/h9-12H,2-8,13-14H2,1H3,(H,20,21). The molecule has 1 fully saturated rings. The predicted octanol–water partition coefficient (Wildman–Crippen LogP) is 4.44. The number of carbonyl (C=O) groups excluding carboxylic acids is 1. The highest BCUT2D eigenvalue weighted by Gasteiger charge is 2.06. The molecule has 4 heteroatoms. The van der Waals surface area contributed by atoms with Crippen molar-refractivity contribution in [3.63, 3.8) is 0 Å². The summed E-state index contributed by atoms with van der Waals surface area (Å²) >= 11 is 1.63. The summed E-state index contributed by atoms with van der Waals surface area (Å²) in [7, 11) is 0. The van der Waals surface area contributed by atoms with Crippen molar-refractivity contribution in [2.24, 2.45) is 5.10 Å². The molecule has 1 aromatic carbocycles. The van der Waals surface area contributed by atoms with E-state index in [4.69, 9.17) is 0 Å². The van der Waals surface area contributed by atoms with Crippen molar-refractivity contribution in [1.82, 2.24) is 5.43 Å². The van der Waals surface area contributed by atoms with Crippen LogP contribution in [0.3, 0.4) is 0 Å². The number of rotatable bonds is 5. The molecule has 0 heterocycles. The van der Waals surface area contributed by atoms with Crippen molar-refractivity contribution < 1.29 is 4.79 Å². The first kappa shape index (κ1) is 17.1. The average molecular weight is 318 g/mol. The van der Waals surface area contributed by atoms with E-state index < -0.39 is 0 Å². The Bertz CT molecular complexity index is 486. The van der Waals surface area contributed by atoms with Crippen LogP contribution in [0, 0.1) is 6.92 Å². The first-order valence-corrected chi connectivity index (χ1v) is 9.37. The summed E-state index contributed by atoms with van der Waals surface area (Å²) in [6.45, 7) is 2.08. The van der Waals surface area contributed by atoms with Gasteiger partial charge < -0.3 is 0 Å². The van der Waals surface area contributed by atoms with Crippen LogP contribution in [0.15, 0.2) is 29.4 Å². The number of nitrogens with zero attached hydrogens (tertiary/aromatic N) is 1. The summed E-state index contributed by atoms with van der Waals surface area (Å²) in [5, 5.41) is 4.33. The predicted molar refractivity (Wildman–Crippen MR) is 95.2 cm³/mol. The number of carbonyl (C=O) groups is 1. The summed E-state index contributed by atoms with van der Waals surface area (Å²) in [6.07, 6.45) is 8.41. The maximum atomic E-state index is 11.8. The molecule has 1 saturated carbocycles. The van der Waals surface area contributed by atoms with E-state index in [0.717, 1.165) is 24.3 Å². The van der Waals surface area contributed by atoms with E-state index in [2.05, 4.69) is 41.7 Å². The van der Waals surface area contributed by atoms with Crippen LogP contribution in [-0.4, -0.2) is 17.4 Å². The molecule has 1 aliphatic carbocycles. The monoisotopic (exact) mass is 318 g/mol. The Hall–Kier alpha value is -1.29. The molecule has 1 N–H and O–H groups in total. The molecule has 1 aliphatic rings. The highest BCUT2D eigenvalue weighted by Crippen LogP contribution is 2.15. The number of hydrogen-bond donors (Lipinski definition) is 1. The summed E-state index contributed by atoms with van der Waals surface area (Å²) in [5.41, 5.74) is 6.41. The van der Waals surface area contributed by atoms with Crippen molar-refractivity contribution in [2.75, 3.05) is 5.75 Å². The van der Waals surface area contributed by atoms with E-state index in [-0.39, 0.29) is 5.91 Å². The van der Waals surface area contributed by atoms with Gasteiger partial charge in [0, 0.05) is 11.5 Å². The number of hydrogen-bond acceptors (Lipinski definition) is 3. The van der Waals surface area contributed by atoms with Crippen LogP contribution in [0.5, 0.6) is 0 Å². The zero-order valence-electron chi connectivity index (χ0n) is 13.4. The second-order valence-corrected chi connectivity index (χ2v) is 6.94. The highest BCUT2D eigenvalue weighted by atomic mass is 32.2. The van der Waals surface area contributed by atoms with Gasteiger partial charge in [-0.15, -0.1) is 11.8 Å². The second-order valence-electron chi connectivity index (χ2n) is 5.96. The number of aryl methyl sites for hydroxylation is 1.